The van der Waals surface area contributed by atoms with Gasteiger partial charge in [0.25, 0.3) is 5.91 Å². The Morgan fingerprint density at radius 2 is 2.11 bits per heavy atom. The van der Waals surface area contributed by atoms with Gasteiger partial charge >= 0.3 is 0 Å². The Balaban J connectivity index is 2.27. The fourth-order valence-corrected chi connectivity index (χ4v) is 1.77. The van der Waals surface area contributed by atoms with Crippen molar-refractivity contribution in [2.24, 2.45) is 0 Å². The molecule has 0 spiro atoms. The summed E-state index contributed by atoms with van der Waals surface area (Å²) in [6, 6.07) is 8.17. The molecule has 5 nitrogen and oxygen atoms in total. The second-order valence-corrected chi connectivity index (χ2v) is 4.39. The number of nitrogens with one attached hydrogen (secondary N) is 1. The summed E-state index contributed by atoms with van der Waals surface area (Å²) < 4.78 is 0.495. The molecule has 0 aliphatic heterocycles. The number of aromatic nitrogens is 1. The van der Waals surface area contributed by atoms with Crippen LogP contribution in [0.2, 0.25) is 0 Å². The molecule has 0 radical (unpaired) electrons. The summed E-state index contributed by atoms with van der Waals surface area (Å²) >= 11 is 3.17. The van der Waals surface area contributed by atoms with E-state index < -0.39 is 5.91 Å². The highest BCUT2D eigenvalue weighted by Crippen LogP contribution is 2.31. The zero-order valence-electron chi connectivity index (χ0n) is 9.22. The van der Waals surface area contributed by atoms with Crippen molar-refractivity contribution in [1.29, 1.82) is 0 Å². The van der Waals surface area contributed by atoms with Crippen LogP contribution in [0.3, 0.4) is 0 Å². The third-order valence-electron chi connectivity index (χ3n) is 2.29. The molecule has 18 heavy (non-hydrogen) atoms. The van der Waals surface area contributed by atoms with Crippen LogP contribution in [0.1, 0.15) is 10.5 Å². The first-order valence-corrected chi connectivity index (χ1v) is 5.88. The number of para-hydroxylation sites is 1. The molecule has 0 aliphatic carbocycles. The zero-order valence-corrected chi connectivity index (χ0v) is 10.8. The molecule has 4 N–H and O–H groups in total. The van der Waals surface area contributed by atoms with E-state index in [2.05, 4.69) is 26.2 Å². The number of nitrogens with zero attached hydrogens (tertiary/aromatic N) is 1. The smallest absolute Gasteiger partial charge is 0.276 e. The van der Waals surface area contributed by atoms with Crippen molar-refractivity contribution in [3.8, 4) is 5.75 Å². The third kappa shape index (κ3) is 2.43. The fraction of sp³-hybridized carbons (Fsp3) is 0. The summed E-state index contributed by atoms with van der Waals surface area (Å²) in [5, 5.41) is 12.3. The number of benzene rings is 1. The normalized spacial score (nSPS) is 10.1. The van der Waals surface area contributed by atoms with E-state index in [9.17, 15) is 9.90 Å². The molecule has 0 aliphatic rings. The summed E-state index contributed by atoms with van der Waals surface area (Å²) in [4.78, 5) is 15.8. The van der Waals surface area contributed by atoms with Crippen molar-refractivity contribution >= 4 is 33.2 Å². The number of carbonyl (C=O) groups is 1. The molecule has 0 atom stereocenters. The van der Waals surface area contributed by atoms with Gasteiger partial charge in [0.2, 0.25) is 0 Å². The number of carbonyl (C=O) groups excluding carboxylic acids is 1. The SMILES string of the molecule is Nc1cccnc1C(=O)Nc1cccc(Br)c1O. The molecular weight excluding hydrogens is 298 g/mol. The first-order valence-electron chi connectivity index (χ1n) is 5.09. The topological polar surface area (TPSA) is 88.2 Å². The fourth-order valence-electron chi connectivity index (χ4n) is 1.41. The molecule has 0 bridgehead atoms. The van der Waals surface area contributed by atoms with E-state index in [4.69, 9.17) is 5.73 Å². The summed E-state index contributed by atoms with van der Waals surface area (Å²) in [5.74, 6) is -0.512. The van der Waals surface area contributed by atoms with E-state index in [0.717, 1.165) is 0 Å². The lowest BCUT2D eigenvalue weighted by Gasteiger charge is -2.08. The predicted octanol–water partition coefficient (Wildman–Crippen LogP) is 2.38. The summed E-state index contributed by atoms with van der Waals surface area (Å²) in [5.41, 5.74) is 6.34. The van der Waals surface area contributed by atoms with Crippen molar-refractivity contribution in [1.82, 2.24) is 4.98 Å². The van der Waals surface area contributed by atoms with Crippen molar-refractivity contribution in [2.75, 3.05) is 11.1 Å². The van der Waals surface area contributed by atoms with Gasteiger partial charge in [-0.2, -0.15) is 0 Å². The quantitative estimate of drug-likeness (QED) is 0.743. The highest BCUT2D eigenvalue weighted by Gasteiger charge is 2.13. The van der Waals surface area contributed by atoms with Crippen LogP contribution in [-0.4, -0.2) is 16.0 Å². The maximum atomic E-state index is 11.9. The summed E-state index contributed by atoms with van der Waals surface area (Å²) in [6.45, 7) is 0. The molecule has 0 saturated heterocycles. The molecule has 1 aromatic carbocycles. The summed E-state index contributed by atoms with van der Waals surface area (Å²) in [7, 11) is 0. The number of hydrogen-bond donors (Lipinski definition) is 3. The number of nitrogens with two attached hydrogens (primary N) is 1. The van der Waals surface area contributed by atoms with Gasteiger partial charge in [-0.3, -0.25) is 4.79 Å². The number of aromatic hydroxyl groups is 1. The lowest BCUT2D eigenvalue weighted by Crippen LogP contribution is -2.15. The Labute approximate surface area is 112 Å². The Morgan fingerprint density at radius 3 is 2.83 bits per heavy atom. The van der Waals surface area contributed by atoms with Crippen molar-refractivity contribution in [3.05, 3.63) is 46.7 Å². The van der Waals surface area contributed by atoms with Crippen LogP contribution in [0, 0.1) is 0 Å². The van der Waals surface area contributed by atoms with Gasteiger partial charge in [0, 0.05) is 6.20 Å². The number of hydrogen-bond acceptors (Lipinski definition) is 4. The molecule has 2 rings (SSSR count). The van der Waals surface area contributed by atoms with Crippen LogP contribution < -0.4 is 11.1 Å². The number of anilines is 2. The van der Waals surface area contributed by atoms with Crippen molar-refractivity contribution < 1.29 is 9.90 Å². The largest absolute Gasteiger partial charge is 0.505 e. The van der Waals surface area contributed by atoms with Crippen LogP contribution in [0.5, 0.6) is 5.75 Å². The van der Waals surface area contributed by atoms with Crippen LogP contribution >= 0.6 is 15.9 Å². The van der Waals surface area contributed by atoms with Gasteiger partial charge in [-0.15, -0.1) is 0 Å². The van der Waals surface area contributed by atoms with Gasteiger partial charge in [0.1, 0.15) is 0 Å². The predicted molar refractivity (Wildman–Crippen MR) is 72.4 cm³/mol. The molecule has 0 fully saturated rings. The first-order chi connectivity index (χ1) is 8.59. The molecule has 1 heterocycles. The highest BCUT2D eigenvalue weighted by molar-refractivity contribution is 9.10. The number of nitrogen functional groups attached to an aromatic ring is 1. The number of halogens is 1. The Bertz CT molecular complexity index is 602. The highest BCUT2D eigenvalue weighted by atomic mass is 79.9. The Morgan fingerprint density at radius 1 is 1.33 bits per heavy atom. The molecular formula is C12H10BrN3O2. The van der Waals surface area contributed by atoms with Gasteiger partial charge in [-0.05, 0) is 40.2 Å². The number of rotatable bonds is 2. The van der Waals surface area contributed by atoms with E-state index in [1.54, 1.807) is 30.3 Å². The first kappa shape index (κ1) is 12.4. The number of phenolic OH excluding ortho intramolecular Hbond substituents is 1. The van der Waals surface area contributed by atoms with E-state index >= 15 is 0 Å². The molecule has 6 heteroatoms. The molecule has 0 unspecified atom stereocenters. The van der Waals surface area contributed by atoms with Crippen LogP contribution in [0.25, 0.3) is 0 Å². The number of pyridine rings is 1. The minimum atomic E-state index is -0.471. The Hall–Kier alpha value is -2.08. The van der Waals surface area contributed by atoms with E-state index in [-0.39, 0.29) is 17.1 Å². The Kier molecular flexibility index (Phi) is 3.47. The van der Waals surface area contributed by atoms with Gasteiger partial charge < -0.3 is 16.2 Å². The second kappa shape index (κ2) is 5.05. The van der Waals surface area contributed by atoms with Crippen molar-refractivity contribution in [3.63, 3.8) is 0 Å². The van der Waals surface area contributed by atoms with Gasteiger partial charge in [-0.1, -0.05) is 6.07 Å². The van der Waals surface area contributed by atoms with Crippen molar-refractivity contribution in [2.45, 2.75) is 0 Å². The standard InChI is InChI=1S/C12H10BrN3O2/c13-7-3-1-5-9(11(7)17)16-12(18)10-8(14)4-2-6-15-10/h1-6,17H,14H2,(H,16,18). The summed E-state index contributed by atoms with van der Waals surface area (Å²) in [6.07, 6.45) is 1.48. The number of amides is 1. The molecule has 1 amide bonds. The second-order valence-electron chi connectivity index (χ2n) is 3.53. The van der Waals surface area contributed by atoms with Gasteiger partial charge in [0.05, 0.1) is 15.8 Å². The average molecular weight is 308 g/mol. The minimum absolute atomic E-state index is 0.0413. The maximum Gasteiger partial charge on any atom is 0.276 e. The van der Waals surface area contributed by atoms with E-state index in [1.807, 2.05) is 0 Å². The molecule has 1 aromatic heterocycles. The van der Waals surface area contributed by atoms with Gasteiger partial charge in [-0.25, -0.2) is 4.98 Å². The zero-order chi connectivity index (χ0) is 13.1. The van der Waals surface area contributed by atoms with Crippen LogP contribution in [0.4, 0.5) is 11.4 Å². The van der Waals surface area contributed by atoms with E-state index in [0.29, 0.717) is 10.2 Å². The molecule has 2 aromatic rings. The van der Waals surface area contributed by atoms with Crippen LogP contribution in [-0.2, 0) is 0 Å². The van der Waals surface area contributed by atoms with Gasteiger partial charge in [0.15, 0.2) is 11.4 Å². The lowest BCUT2D eigenvalue weighted by molar-refractivity contribution is 0.102. The molecule has 0 saturated carbocycles. The minimum Gasteiger partial charge on any atom is -0.505 e. The number of phenols is 1. The third-order valence-corrected chi connectivity index (χ3v) is 2.93. The van der Waals surface area contributed by atoms with Crippen LogP contribution in [0.15, 0.2) is 41.0 Å². The maximum absolute atomic E-state index is 11.9. The lowest BCUT2D eigenvalue weighted by atomic mass is 10.2. The van der Waals surface area contributed by atoms with E-state index in [1.165, 1.54) is 6.20 Å². The monoisotopic (exact) mass is 307 g/mol. The molecule has 92 valence electrons. The average Bonchev–Trinajstić information content (AvgIpc) is 2.35.